The van der Waals surface area contributed by atoms with Gasteiger partial charge in [0.1, 0.15) is 11.9 Å². The number of ether oxygens (including phenoxy) is 1. The number of carbonyl (C=O) groups is 1. The van der Waals surface area contributed by atoms with Crippen molar-refractivity contribution >= 4 is 28.6 Å². The van der Waals surface area contributed by atoms with E-state index < -0.39 is 12.1 Å². The second kappa shape index (κ2) is 13.1. The SMILES string of the molecule is CCCSCCCN1CC[C@@H](CCC(F)c2ccnc3ccc(OC)cc23)[C@@H](CC(=O)O)C1. The standard InChI is InChI=1S/C26H37FN2O3S/c1-3-14-33-15-4-12-29-13-10-19(20(18-29)16-26(30)31)5-7-24(27)22-9-11-28-25-8-6-21(32-2)17-23(22)25/h6,8-9,11,17,19-20,24H,3-5,7,10,12-16,18H2,1-2H3,(H,30,31)/t19-,20+,24?/m1/s1. The van der Waals surface area contributed by atoms with Gasteiger partial charge in [0, 0.05) is 24.5 Å². The number of likely N-dealkylation sites (tertiary alicyclic amines) is 1. The van der Waals surface area contributed by atoms with Crippen LogP contribution in [0.3, 0.4) is 0 Å². The quantitative estimate of drug-likeness (QED) is 0.359. The molecule has 0 saturated carbocycles. The number of rotatable bonds is 13. The predicted molar refractivity (Wildman–Crippen MR) is 134 cm³/mol. The van der Waals surface area contributed by atoms with Gasteiger partial charge in [0.2, 0.25) is 0 Å². The number of pyridine rings is 1. The Balaban J connectivity index is 1.59. The zero-order valence-electron chi connectivity index (χ0n) is 19.8. The number of carboxylic acids is 1. The van der Waals surface area contributed by atoms with Gasteiger partial charge in [0.05, 0.1) is 12.6 Å². The zero-order chi connectivity index (χ0) is 23.6. The monoisotopic (exact) mass is 476 g/mol. The molecule has 1 unspecified atom stereocenters. The molecule has 3 atom stereocenters. The Morgan fingerprint density at radius 3 is 2.94 bits per heavy atom. The highest BCUT2D eigenvalue weighted by Crippen LogP contribution is 2.36. The molecule has 1 aromatic heterocycles. The number of carboxylic acid groups (broad SMARTS) is 1. The van der Waals surface area contributed by atoms with Crippen LogP contribution in [0, 0.1) is 11.8 Å². The Hall–Kier alpha value is -1.86. The van der Waals surface area contributed by atoms with Crippen molar-refractivity contribution in [3.63, 3.8) is 0 Å². The molecular formula is C26H37FN2O3S. The van der Waals surface area contributed by atoms with Gasteiger partial charge in [0.15, 0.2) is 0 Å². The molecule has 1 fully saturated rings. The van der Waals surface area contributed by atoms with Crippen molar-refractivity contribution in [2.75, 3.05) is 38.2 Å². The van der Waals surface area contributed by atoms with Crippen molar-refractivity contribution in [3.05, 3.63) is 36.0 Å². The molecule has 182 valence electrons. The van der Waals surface area contributed by atoms with Crippen molar-refractivity contribution in [2.24, 2.45) is 11.8 Å². The Morgan fingerprint density at radius 1 is 1.33 bits per heavy atom. The third-order valence-electron chi connectivity index (χ3n) is 6.63. The van der Waals surface area contributed by atoms with E-state index in [1.54, 1.807) is 19.4 Å². The lowest BCUT2D eigenvalue weighted by Gasteiger charge is -2.38. The van der Waals surface area contributed by atoms with Crippen LogP contribution in [0.5, 0.6) is 5.75 Å². The van der Waals surface area contributed by atoms with Crippen molar-refractivity contribution in [2.45, 2.75) is 51.6 Å². The third kappa shape index (κ3) is 7.57. The molecule has 2 aromatic rings. The molecule has 1 N–H and O–H groups in total. The zero-order valence-corrected chi connectivity index (χ0v) is 20.7. The summed E-state index contributed by atoms with van der Waals surface area (Å²) >= 11 is 1.99. The van der Waals surface area contributed by atoms with Crippen LogP contribution < -0.4 is 4.74 Å². The Labute approximate surface area is 201 Å². The van der Waals surface area contributed by atoms with E-state index in [0.29, 0.717) is 24.2 Å². The topological polar surface area (TPSA) is 62.7 Å². The van der Waals surface area contributed by atoms with E-state index in [9.17, 15) is 9.90 Å². The van der Waals surface area contributed by atoms with Gasteiger partial charge in [-0.3, -0.25) is 9.78 Å². The summed E-state index contributed by atoms with van der Waals surface area (Å²) in [6.45, 7) is 5.01. The first-order valence-corrected chi connectivity index (χ1v) is 13.3. The Kier molecular flexibility index (Phi) is 10.3. The number of methoxy groups -OCH3 is 1. The van der Waals surface area contributed by atoms with Gasteiger partial charge in [0.25, 0.3) is 0 Å². The van der Waals surface area contributed by atoms with Gasteiger partial charge < -0.3 is 14.7 Å². The normalized spacial score (nSPS) is 20.1. The fourth-order valence-electron chi connectivity index (χ4n) is 4.89. The van der Waals surface area contributed by atoms with Crippen LogP contribution in [0.1, 0.15) is 57.2 Å². The molecule has 1 saturated heterocycles. The largest absolute Gasteiger partial charge is 0.497 e. The minimum atomic E-state index is -1.11. The molecular weight excluding hydrogens is 439 g/mol. The molecule has 1 aliphatic heterocycles. The molecule has 0 radical (unpaired) electrons. The summed E-state index contributed by atoms with van der Waals surface area (Å²) in [6, 6.07) is 7.28. The van der Waals surface area contributed by atoms with E-state index in [0.717, 1.165) is 49.1 Å². The maximum atomic E-state index is 15.4. The first-order chi connectivity index (χ1) is 16.0. The minimum Gasteiger partial charge on any atom is -0.497 e. The van der Waals surface area contributed by atoms with E-state index >= 15 is 4.39 Å². The fraction of sp³-hybridized carbons (Fsp3) is 0.615. The van der Waals surface area contributed by atoms with Crippen molar-refractivity contribution < 1.29 is 19.0 Å². The maximum absolute atomic E-state index is 15.4. The van der Waals surface area contributed by atoms with Crippen LogP contribution in [0.4, 0.5) is 4.39 Å². The summed E-state index contributed by atoms with van der Waals surface area (Å²) in [7, 11) is 1.60. The predicted octanol–water partition coefficient (Wildman–Crippen LogP) is 5.98. The number of hydrogen-bond donors (Lipinski definition) is 1. The number of hydrogen-bond acceptors (Lipinski definition) is 5. The molecule has 0 amide bonds. The van der Waals surface area contributed by atoms with Gasteiger partial charge in [-0.25, -0.2) is 4.39 Å². The first-order valence-electron chi connectivity index (χ1n) is 12.1. The maximum Gasteiger partial charge on any atom is 0.303 e. The molecule has 3 rings (SSSR count). The van der Waals surface area contributed by atoms with E-state index in [1.165, 1.54) is 12.2 Å². The molecule has 0 aliphatic carbocycles. The fourth-order valence-corrected chi connectivity index (χ4v) is 5.72. The summed E-state index contributed by atoms with van der Waals surface area (Å²) < 4.78 is 20.7. The highest BCUT2D eigenvalue weighted by Gasteiger charge is 2.31. The van der Waals surface area contributed by atoms with E-state index in [2.05, 4.69) is 16.8 Å². The highest BCUT2D eigenvalue weighted by atomic mass is 32.2. The van der Waals surface area contributed by atoms with Crippen LogP contribution in [-0.4, -0.2) is 59.2 Å². The number of aliphatic carboxylic acids is 1. The Morgan fingerprint density at radius 2 is 2.18 bits per heavy atom. The van der Waals surface area contributed by atoms with Crippen LogP contribution in [0.25, 0.3) is 10.9 Å². The van der Waals surface area contributed by atoms with Gasteiger partial charge in [-0.2, -0.15) is 11.8 Å². The number of benzene rings is 1. The number of fused-ring (bicyclic) bond motifs is 1. The lowest BCUT2D eigenvalue weighted by molar-refractivity contribution is -0.139. The molecule has 5 nitrogen and oxygen atoms in total. The van der Waals surface area contributed by atoms with Crippen LogP contribution in [0.2, 0.25) is 0 Å². The van der Waals surface area contributed by atoms with E-state index in [-0.39, 0.29) is 18.3 Å². The van der Waals surface area contributed by atoms with Crippen molar-refractivity contribution in [1.82, 2.24) is 9.88 Å². The average Bonchev–Trinajstić information content (AvgIpc) is 2.82. The van der Waals surface area contributed by atoms with Crippen molar-refractivity contribution in [1.29, 1.82) is 0 Å². The second-order valence-electron chi connectivity index (χ2n) is 9.00. The average molecular weight is 477 g/mol. The minimum absolute atomic E-state index is 0.0843. The smallest absolute Gasteiger partial charge is 0.303 e. The van der Waals surface area contributed by atoms with Gasteiger partial charge in [-0.15, -0.1) is 0 Å². The summed E-state index contributed by atoms with van der Waals surface area (Å²) in [5.74, 6) is 2.62. The summed E-state index contributed by atoms with van der Waals surface area (Å²) in [6.07, 6.45) is 5.09. The second-order valence-corrected chi connectivity index (χ2v) is 10.2. The van der Waals surface area contributed by atoms with Gasteiger partial charge in [-0.1, -0.05) is 6.92 Å². The summed E-state index contributed by atoms with van der Waals surface area (Å²) in [5.41, 5.74) is 1.39. The number of thioether (sulfide) groups is 1. The number of aromatic nitrogens is 1. The number of halogens is 1. The molecule has 7 heteroatoms. The van der Waals surface area contributed by atoms with E-state index in [4.69, 9.17) is 4.74 Å². The van der Waals surface area contributed by atoms with Crippen molar-refractivity contribution in [3.8, 4) is 5.75 Å². The Bertz CT molecular complexity index is 897. The summed E-state index contributed by atoms with van der Waals surface area (Å²) in [5, 5.41) is 10.2. The van der Waals surface area contributed by atoms with Gasteiger partial charge >= 0.3 is 5.97 Å². The number of alkyl halides is 1. The highest BCUT2D eigenvalue weighted by molar-refractivity contribution is 7.99. The molecule has 33 heavy (non-hydrogen) atoms. The molecule has 1 aromatic carbocycles. The van der Waals surface area contributed by atoms with Crippen LogP contribution in [-0.2, 0) is 4.79 Å². The number of nitrogens with zero attached hydrogens (tertiary/aromatic N) is 2. The van der Waals surface area contributed by atoms with Crippen LogP contribution in [0.15, 0.2) is 30.5 Å². The third-order valence-corrected chi connectivity index (χ3v) is 7.91. The van der Waals surface area contributed by atoms with E-state index in [1.807, 2.05) is 30.0 Å². The first kappa shape index (κ1) is 25.8. The van der Waals surface area contributed by atoms with Gasteiger partial charge in [-0.05, 0) is 98.4 Å². The van der Waals surface area contributed by atoms with Crippen LogP contribution >= 0.6 is 11.8 Å². The molecule has 0 spiro atoms. The lowest BCUT2D eigenvalue weighted by atomic mass is 9.79. The molecule has 2 heterocycles. The summed E-state index contributed by atoms with van der Waals surface area (Å²) in [4.78, 5) is 18.3. The molecule has 1 aliphatic rings. The number of piperidine rings is 1. The lowest BCUT2D eigenvalue weighted by Crippen LogP contribution is -2.42. The molecule has 0 bridgehead atoms.